The second-order valence-electron chi connectivity index (χ2n) is 7.93. The van der Waals surface area contributed by atoms with Crippen molar-refractivity contribution in [1.82, 2.24) is 0 Å². The Bertz CT molecular complexity index is 739. The summed E-state index contributed by atoms with van der Waals surface area (Å²) in [7, 11) is 0. The van der Waals surface area contributed by atoms with Crippen molar-refractivity contribution in [1.29, 1.82) is 0 Å². The second-order valence-corrected chi connectivity index (χ2v) is 7.93. The van der Waals surface area contributed by atoms with Crippen LogP contribution in [0.15, 0.2) is 54.6 Å². The van der Waals surface area contributed by atoms with E-state index in [1.54, 1.807) is 12.1 Å². The Morgan fingerprint density at radius 1 is 0.889 bits per heavy atom. The fourth-order valence-electron chi connectivity index (χ4n) is 4.46. The molecule has 2 unspecified atom stereocenters. The second kappa shape index (κ2) is 9.12. The molecule has 2 nitrogen and oxygen atoms in total. The smallest absolute Gasteiger partial charge is 0.115 e. The lowest BCUT2D eigenvalue weighted by Crippen LogP contribution is -2.18. The summed E-state index contributed by atoms with van der Waals surface area (Å²) >= 11 is 0. The zero-order valence-corrected chi connectivity index (χ0v) is 16.6. The molecule has 3 rings (SSSR count). The molecule has 2 aromatic carbocycles. The number of hydrogen-bond acceptors (Lipinski definition) is 2. The van der Waals surface area contributed by atoms with Gasteiger partial charge in [-0.25, -0.2) is 0 Å². The molecule has 0 spiro atoms. The topological polar surface area (TPSA) is 40.5 Å². The first-order valence-electron chi connectivity index (χ1n) is 10.4. The van der Waals surface area contributed by atoms with Gasteiger partial charge in [0.15, 0.2) is 0 Å². The van der Waals surface area contributed by atoms with E-state index >= 15 is 0 Å². The molecule has 27 heavy (non-hydrogen) atoms. The van der Waals surface area contributed by atoms with E-state index in [9.17, 15) is 10.2 Å². The number of aromatic hydroxyl groups is 2. The SMILES string of the molecule is CCC(CC)CC(c1ccc(O)cc1)C1CC=C(c2ccc(O)cc2)CC1. The van der Waals surface area contributed by atoms with Crippen LogP contribution in [0, 0.1) is 11.8 Å². The molecule has 0 radical (unpaired) electrons. The summed E-state index contributed by atoms with van der Waals surface area (Å²) in [6.45, 7) is 4.59. The summed E-state index contributed by atoms with van der Waals surface area (Å²) in [5.41, 5.74) is 4.00. The summed E-state index contributed by atoms with van der Waals surface area (Å²) in [6, 6.07) is 15.5. The van der Waals surface area contributed by atoms with Crippen molar-refractivity contribution in [3.8, 4) is 11.5 Å². The zero-order valence-electron chi connectivity index (χ0n) is 16.6. The van der Waals surface area contributed by atoms with Gasteiger partial charge < -0.3 is 10.2 Å². The average Bonchev–Trinajstić information content (AvgIpc) is 2.71. The zero-order chi connectivity index (χ0) is 19.2. The van der Waals surface area contributed by atoms with Gasteiger partial charge in [0, 0.05) is 0 Å². The molecular formula is C25H32O2. The minimum atomic E-state index is 0.325. The molecule has 0 heterocycles. The Hall–Kier alpha value is -2.22. The molecule has 0 saturated heterocycles. The predicted octanol–water partition coefficient (Wildman–Crippen LogP) is 6.89. The van der Waals surface area contributed by atoms with Crippen LogP contribution in [-0.4, -0.2) is 10.2 Å². The fourth-order valence-corrected chi connectivity index (χ4v) is 4.46. The van der Waals surface area contributed by atoms with Crippen LogP contribution < -0.4 is 0 Å². The van der Waals surface area contributed by atoms with Crippen molar-refractivity contribution >= 4 is 5.57 Å². The summed E-state index contributed by atoms with van der Waals surface area (Å²) in [5, 5.41) is 19.2. The van der Waals surface area contributed by atoms with Crippen molar-refractivity contribution in [2.45, 2.75) is 58.3 Å². The maximum atomic E-state index is 9.68. The highest BCUT2D eigenvalue weighted by molar-refractivity contribution is 5.66. The summed E-state index contributed by atoms with van der Waals surface area (Å²) < 4.78 is 0. The lowest BCUT2D eigenvalue weighted by molar-refractivity contribution is 0.313. The first kappa shape index (κ1) is 19.5. The van der Waals surface area contributed by atoms with E-state index in [0.717, 1.165) is 18.8 Å². The van der Waals surface area contributed by atoms with E-state index in [1.165, 1.54) is 42.4 Å². The maximum Gasteiger partial charge on any atom is 0.115 e. The normalized spacial score (nSPS) is 18.3. The van der Waals surface area contributed by atoms with Crippen LogP contribution in [-0.2, 0) is 0 Å². The average molecular weight is 365 g/mol. The van der Waals surface area contributed by atoms with E-state index in [4.69, 9.17) is 0 Å². The highest BCUT2D eigenvalue weighted by Gasteiger charge is 2.27. The van der Waals surface area contributed by atoms with Gasteiger partial charge in [-0.2, -0.15) is 0 Å². The lowest BCUT2D eigenvalue weighted by Gasteiger charge is -2.33. The van der Waals surface area contributed by atoms with E-state index in [-0.39, 0.29) is 0 Å². The van der Waals surface area contributed by atoms with Gasteiger partial charge >= 0.3 is 0 Å². The molecule has 2 atom stereocenters. The van der Waals surface area contributed by atoms with E-state index in [0.29, 0.717) is 23.3 Å². The highest BCUT2D eigenvalue weighted by atomic mass is 16.3. The van der Waals surface area contributed by atoms with Crippen LogP contribution in [0.25, 0.3) is 5.57 Å². The van der Waals surface area contributed by atoms with Gasteiger partial charge in [-0.1, -0.05) is 57.0 Å². The molecule has 2 heteroatoms. The number of phenols is 2. The number of benzene rings is 2. The largest absolute Gasteiger partial charge is 0.508 e. The Balaban J connectivity index is 1.78. The van der Waals surface area contributed by atoms with Crippen molar-refractivity contribution in [2.24, 2.45) is 11.8 Å². The van der Waals surface area contributed by atoms with E-state index < -0.39 is 0 Å². The van der Waals surface area contributed by atoms with Crippen molar-refractivity contribution in [3.05, 3.63) is 65.7 Å². The van der Waals surface area contributed by atoms with Crippen LogP contribution >= 0.6 is 0 Å². The molecule has 0 aromatic heterocycles. The van der Waals surface area contributed by atoms with E-state index in [1.807, 2.05) is 24.3 Å². The summed E-state index contributed by atoms with van der Waals surface area (Å²) in [5.74, 6) is 2.62. The predicted molar refractivity (Wildman–Crippen MR) is 113 cm³/mol. The molecule has 0 fully saturated rings. The molecule has 0 aliphatic heterocycles. The van der Waals surface area contributed by atoms with Crippen LogP contribution in [0.4, 0.5) is 0 Å². The van der Waals surface area contributed by atoms with Crippen molar-refractivity contribution in [3.63, 3.8) is 0 Å². The standard InChI is InChI=1S/C25H32O2/c1-3-18(4-2)17-25(22-11-15-24(27)16-12-22)21-7-5-19(6-8-21)20-9-13-23(26)14-10-20/h5,9-16,18,21,25-27H,3-4,6-8,17H2,1-2H3. The van der Waals surface area contributed by atoms with Gasteiger partial charge in [-0.3, -0.25) is 0 Å². The Morgan fingerprint density at radius 2 is 1.48 bits per heavy atom. The first-order chi connectivity index (χ1) is 13.1. The minimum absolute atomic E-state index is 0.325. The van der Waals surface area contributed by atoms with Crippen LogP contribution in [0.2, 0.25) is 0 Å². The summed E-state index contributed by atoms with van der Waals surface area (Å²) in [4.78, 5) is 0. The quantitative estimate of drug-likeness (QED) is 0.561. The molecule has 0 bridgehead atoms. The molecule has 0 saturated carbocycles. The van der Waals surface area contributed by atoms with Gasteiger partial charge in [0.25, 0.3) is 0 Å². The Morgan fingerprint density at radius 3 is 2.00 bits per heavy atom. The highest BCUT2D eigenvalue weighted by Crippen LogP contribution is 2.42. The molecule has 1 aliphatic rings. The number of hydrogen-bond donors (Lipinski definition) is 2. The van der Waals surface area contributed by atoms with Gasteiger partial charge in [-0.15, -0.1) is 0 Å². The minimum Gasteiger partial charge on any atom is -0.508 e. The molecule has 0 amide bonds. The third-order valence-corrected chi connectivity index (χ3v) is 6.32. The fraction of sp³-hybridized carbons (Fsp3) is 0.440. The molecular weight excluding hydrogens is 332 g/mol. The Kier molecular flexibility index (Phi) is 6.60. The van der Waals surface area contributed by atoms with E-state index in [2.05, 4.69) is 32.1 Å². The molecule has 1 aliphatic carbocycles. The van der Waals surface area contributed by atoms with Gasteiger partial charge in [0.05, 0.1) is 0 Å². The monoisotopic (exact) mass is 364 g/mol. The molecule has 144 valence electrons. The third-order valence-electron chi connectivity index (χ3n) is 6.32. The van der Waals surface area contributed by atoms with Gasteiger partial charge in [-0.05, 0) is 84.4 Å². The third kappa shape index (κ3) is 4.94. The Labute approximate surface area is 163 Å². The van der Waals surface area contributed by atoms with Crippen LogP contribution in [0.3, 0.4) is 0 Å². The summed E-state index contributed by atoms with van der Waals surface area (Å²) in [6.07, 6.45) is 9.47. The van der Waals surface area contributed by atoms with Crippen molar-refractivity contribution in [2.75, 3.05) is 0 Å². The van der Waals surface area contributed by atoms with Crippen molar-refractivity contribution < 1.29 is 10.2 Å². The van der Waals surface area contributed by atoms with Crippen LogP contribution in [0.5, 0.6) is 11.5 Å². The lowest BCUT2D eigenvalue weighted by atomic mass is 9.72. The number of phenolic OH excluding ortho intramolecular Hbond substituents is 2. The number of rotatable bonds is 7. The van der Waals surface area contributed by atoms with Gasteiger partial charge in [0.1, 0.15) is 11.5 Å². The van der Waals surface area contributed by atoms with Crippen LogP contribution in [0.1, 0.15) is 69.4 Å². The molecule has 2 aromatic rings. The van der Waals surface area contributed by atoms with Gasteiger partial charge in [0.2, 0.25) is 0 Å². The number of allylic oxidation sites excluding steroid dienone is 2. The first-order valence-corrected chi connectivity index (χ1v) is 10.4. The maximum absolute atomic E-state index is 9.68. The molecule has 2 N–H and O–H groups in total.